The maximum Gasteiger partial charge on any atom is 0.239 e. The van der Waals surface area contributed by atoms with Crippen molar-refractivity contribution in [3.8, 4) is 0 Å². The standard InChI is InChI=1S/C16H31N3O/c1-4-10-18-16(15(17)20,14-8-9-14)11-19-12(2)6-5-7-13(19)3/h12-14,18H,4-11H2,1-3H3,(H2,17,20). The Balaban J connectivity index is 2.15. The quantitative estimate of drug-likeness (QED) is 0.749. The monoisotopic (exact) mass is 281 g/mol. The first kappa shape index (κ1) is 15.8. The second-order valence-corrected chi connectivity index (χ2v) is 6.84. The lowest BCUT2D eigenvalue weighted by molar-refractivity contribution is -0.127. The molecule has 0 radical (unpaired) electrons. The van der Waals surface area contributed by atoms with Crippen molar-refractivity contribution in [3.63, 3.8) is 0 Å². The maximum atomic E-state index is 12.2. The third kappa shape index (κ3) is 3.17. The van der Waals surface area contributed by atoms with Gasteiger partial charge in [-0.1, -0.05) is 13.3 Å². The van der Waals surface area contributed by atoms with Crippen LogP contribution in [0.4, 0.5) is 0 Å². The summed E-state index contributed by atoms with van der Waals surface area (Å²) in [6.07, 6.45) is 7.07. The third-order valence-electron chi connectivity index (χ3n) is 5.21. The second-order valence-electron chi connectivity index (χ2n) is 6.84. The molecule has 2 fully saturated rings. The molecule has 3 unspecified atom stereocenters. The number of nitrogens with one attached hydrogen (secondary N) is 1. The molecule has 1 aliphatic carbocycles. The van der Waals surface area contributed by atoms with Gasteiger partial charge in [0, 0.05) is 18.6 Å². The molecule has 1 saturated heterocycles. The fourth-order valence-electron chi connectivity index (χ4n) is 3.69. The smallest absolute Gasteiger partial charge is 0.239 e. The number of carbonyl (C=O) groups excluding carboxylic acids is 1. The minimum atomic E-state index is -0.504. The molecule has 116 valence electrons. The van der Waals surface area contributed by atoms with Crippen molar-refractivity contribution in [2.45, 2.75) is 76.9 Å². The van der Waals surface area contributed by atoms with E-state index in [0.717, 1.165) is 32.4 Å². The summed E-state index contributed by atoms with van der Waals surface area (Å²) in [6, 6.07) is 1.11. The molecule has 4 nitrogen and oxygen atoms in total. The fourth-order valence-corrected chi connectivity index (χ4v) is 3.69. The van der Waals surface area contributed by atoms with E-state index >= 15 is 0 Å². The van der Waals surface area contributed by atoms with Gasteiger partial charge in [-0.15, -0.1) is 0 Å². The summed E-state index contributed by atoms with van der Waals surface area (Å²) in [4.78, 5) is 14.7. The van der Waals surface area contributed by atoms with E-state index in [2.05, 4.69) is 31.0 Å². The van der Waals surface area contributed by atoms with Crippen molar-refractivity contribution in [1.82, 2.24) is 10.2 Å². The third-order valence-corrected chi connectivity index (χ3v) is 5.21. The van der Waals surface area contributed by atoms with Gasteiger partial charge in [-0.2, -0.15) is 0 Å². The van der Waals surface area contributed by atoms with Gasteiger partial charge in [0.1, 0.15) is 5.54 Å². The summed E-state index contributed by atoms with van der Waals surface area (Å²) in [7, 11) is 0. The highest BCUT2D eigenvalue weighted by Crippen LogP contribution is 2.41. The Bertz CT molecular complexity index is 333. The Morgan fingerprint density at radius 2 is 1.85 bits per heavy atom. The van der Waals surface area contributed by atoms with Gasteiger partial charge >= 0.3 is 0 Å². The molecular weight excluding hydrogens is 250 g/mol. The van der Waals surface area contributed by atoms with Crippen molar-refractivity contribution >= 4 is 5.91 Å². The van der Waals surface area contributed by atoms with Crippen molar-refractivity contribution in [3.05, 3.63) is 0 Å². The van der Waals surface area contributed by atoms with Crippen molar-refractivity contribution < 1.29 is 4.79 Å². The first-order valence-corrected chi connectivity index (χ1v) is 8.32. The predicted octanol–water partition coefficient (Wildman–Crippen LogP) is 1.88. The van der Waals surface area contributed by atoms with Gasteiger partial charge in [-0.25, -0.2) is 0 Å². The Morgan fingerprint density at radius 3 is 2.30 bits per heavy atom. The van der Waals surface area contributed by atoms with E-state index in [1.807, 2.05) is 0 Å². The first-order chi connectivity index (χ1) is 9.51. The Kier molecular flexibility index (Phi) is 5.08. The Morgan fingerprint density at radius 1 is 1.25 bits per heavy atom. The highest BCUT2D eigenvalue weighted by molar-refractivity contribution is 5.86. The lowest BCUT2D eigenvalue weighted by atomic mass is 9.87. The topological polar surface area (TPSA) is 58.4 Å². The van der Waals surface area contributed by atoms with E-state index < -0.39 is 5.54 Å². The maximum absolute atomic E-state index is 12.2. The Labute approximate surface area is 123 Å². The highest BCUT2D eigenvalue weighted by atomic mass is 16.1. The molecule has 3 atom stereocenters. The van der Waals surface area contributed by atoms with E-state index in [1.54, 1.807) is 0 Å². The van der Waals surface area contributed by atoms with Gasteiger partial charge < -0.3 is 11.1 Å². The van der Waals surface area contributed by atoms with E-state index in [0.29, 0.717) is 18.0 Å². The summed E-state index contributed by atoms with van der Waals surface area (Å²) in [5.74, 6) is 0.284. The molecule has 4 heteroatoms. The SMILES string of the molecule is CCCNC(CN1C(C)CCCC1C)(C(N)=O)C1CC1. The zero-order valence-corrected chi connectivity index (χ0v) is 13.3. The van der Waals surface area contributed by atoms with Crippen LogP contribution in [0.25, 0.3) is 0 Å². The van der Waals surface area contributed by atoms with Crippen LogP contribution in [-0.4, -0.2) is 41.5 Å². The van der Waals surface area contributed by atoms with E-state index in [4.69, 9.17) is 5.73 Å². The summed E-state index contributed by atoms with van der Waals surface area (Å²) < 4.78 is 0. The van der Waals surface area contributed by atoms with Crippen LogP contribution < -0.4 is 11.1 Å². The summed E-state index contributed by atoms with van der Waals surface area (Å²) in [5, 5.41) is 3.52. The van der Waals surface area contributed by atoms with Crippen LogP contribution in [0.1, 0.15) is 59.3 Å². The average molecular weight is 281 g/mol. The van der Waals surface area contributed by atoms with Gasteiger partial charge in [0.25, 0.3) is 0 Å². The Hall–Kier alpha value is -0.610. The van der Waals surface area contributed by atoms with E-state index in [9.17, 15) is 4.79 Å². The molecule has 2 aliphatic rings. The number of nitrogens with two attached hydrogens (primary N) is 1. The second kappa shape index (κ2) is 6.44. The summed E-state index contributed by atoms with van der Waals surface area (Å²) in [6.45, 7) is 8.37. The van der Waals surface area contributed by atoms with E-state index in [1.165, 1.54) is 19.3 Å². The molecule has 0 aromatic heterocycles. The number of nitrogens with zero attached hydrogens (tertiary/aromatic N) is 1. The molecule has 0 aromatic carbocycles. The molecule has 0 bridgehead atoms. The van der Waals surface area contributed by atoms with Crippen molar-refractivity contribution in [2.75, 3.05) is 13.1 Å². The molecule has 1 amide bonds. The molecular formula is C16H31N3O. The number of likely N-dealkylation sites (tertiary alicyclic amines) is 1. The normalized spacial score (nSPS) is 30.9. The number of amides is 1. The van der Waals surface area contributed by atoms with Crippen molar-refractivity contribution in [1.29, 1.82) is 0 Å². The lowest BCUT2D eigenvalue weighted by Crippen LogP contribution is -2.65. The van der Waals surface area contributed by atoms with Gasteiger partial charge in [0.2, 0.25) is 5.91 Å². The molecule has 1 heterocycles. The fraction of sp³-hybridized carbons (Fsp3) is 0.938. The summed E-state index contributed by atoms with van der Waals surface area (Å²) >= 11 is 0. The molecule has 3 N–H and O–H groups in total. The van der Waals surface area contributed by atoms with Crippen LogP contribution in [0.2, 0.25) is 0 Å². The number of primary amides is 1. The number of hydrogen-bond donors (Lipinski definition) is 2. The zero-order chi connectivity index (χ0) is 14.8. The molecule has 2 rings (SSSR count). The van der Waals surface area contributed by atoms with Crippen LogP contribution in [0.3, 0.4) is 0 Å². The lowest BCUT2D eigenvalue weighted by Gasteiger charge is -2.45. The average Bonchev–Trinajstić information content (AvgIpc) is 3.22. The highest BCUT2D eigenvalue weighted by Gasteiger charge is 2.51. The van der Waals surface area contributed by atoms with Crippen LogP contribution in [0.5, 0.6) is 0 Å². The minimum absolute atomic E-state index is 0.154. The molecule has 1 aliphatic heterocycles. The predicted molar refractivity (Wildman–Crippen MR) is 82.4 cm³/mol. The number of hydrogen-bond acceptors (Lipinski definition) is 3. The molecule has 20 heavy (non-hydrogen) atoms. The van der Waals surface area contributed by atoms with E-state index in [-0.39, 0.29) is 5.91 Å². The number of piperidine rings is 1. The molecule has 0 aromatic rings. The van der Waals surface area contributed by atoms with Crippen LogP contribution in [0.15, 0.2) is 0 Å². The van der Waals surface area contributed by atoms with Crippen LogP contribution in [0, 0.1) is 5.92 Å². The largest absolute Gasteiger partial charge is 0.368 e. The van der Waals surface area contributed by atoms with Crippen LogP contribution in [-0.2, 0) is 4.79 Å². The number of carbonyl (C=O) groups is 1. The van der Waals surface area contributed by atoms with Crippen molar-refractivity contribution in [2.24, 2.45) is 11.7 Å². The van der Waals surface area contributed by atoms with Crippen LogP contribution >= 0.6 is 0 Å². The van der Waals surface area contributed by atoms with Gasteiger partial charge in [0.05, 0.1) is 0 Å². The van der Waals surface area contributed by atoms with Gasteiger partial charge in [-0.05, 0) is 58.4 Å². The number of rotatable bonds is 7. The summed E-state index contributed by atoms with van der Waals surface area (Å²) in [5.41, 5.74) is 5.33. The molecule has 0 spiro atoms. The minimum Gasteiger partial charge on any atom is -0.368 e. The van der Waals surface area contributed by atoms with Gasteiger partial charge in [0.15, 0.2) is 0 Å². The molecule has 1 saturated carbocycles. The first-order valence-electron chi connectivity index (χ1n) is 8.32. The zero-order valence-electron chi connectivity index (χ0n) is 13.3. The van der Waals surface area contributed by atoms with Gasteiger partial charge in [-0.3, -0.25) is 9.69 Å².